The molecule has 3 rings (SSSR count). The number of benzene rings is 2. The van der Waals surface area contributed by atoms with Gasteiger partial charge in [-0.15, -0.1) is 0 Å². The number of hydrogen-bond acceptors (Lipinski definition) is 5. The van der Waals surface area contributed by atoms with Crippen molar-refractivity contribution in [1.82, 2.24) is 0 Å². The van der Waals surface area contributed by atoms with E-state index in [9.17, 15) is 9.59 Å². The lowest BCUT2D eigenvalue weighted by molar-refractivity contribution is -0.131. The fourth-order valence-corrected chi connectivity index (χ4v) is 3.44. The first-order valence-corrected chi connectivity index (χ1v) is 10.5. The Kier molecular flexibility index (Phi) is 7.08. The van der Waals surface area contributed by atoms with E-state index in [4.69, 9.17) is 14.2 Å². The van der Waals surface area contributed by atoms with E-state index < -0.39 is 18.0 Å². The molecule has 0 amide bonds. The van der Waals surface area contributed by atoms with Gasteiger partial charge in [-0.2, -0.15) is 0 Å². The topological polar surface area (TPSA) is 61.8 Å². The molecule has 0 N–H and O–H groups in total. The first-order valence-electron chi connectivity index (χ1n) is 10.5. The van der Waals surface area contributed by atoms with Gasteiger partial charge in [-0.05, 0) is 26.7 Å². The smallest absolute Gasteiger partial charge is 0.338 e. The molecule has 0 saturated heterocycles. The predicted octanol–water partition coefficient (Wildman–Crippen LogP) is 5.77. The first kappa shape index (κ1) is 22.5. The van der Waals surface area contributed by atoms with Gasteiger partial charge in [0.1, 0.15) is 17.6 Å². The van der Waals surface area contributed by atoms with E-state index in [2.05, 4.69) is 20.1 Å². The minimum absolute atomic E-state index is 0.297. The SMILES string of the molecule is C=C(C)C(=O)Oc1c2c(c(OC(=O)C(=C)C)c3ccccc13)C(OCCCC)C=CC2. The monoisotopic (exact) mass is 420 g/mol. The second kappa shape index (κ2) is 9.75. The summed E-state index contributed by atoms with van der Waals surface area (Å²) in [6, 6.07) is 7.39. The summed E-state index contributed by atoms with van der Waals surface area (Å²) in [5.74, 6) is -0.153. The molecule has 5 nitrogen and oxygen atoms in total. The molecule has 162 valence electrons. The summed E-state index contributed by atoms with van der Waals surface area (Å²) in [5.41, 5.74) is 2.07. The van der Waals surface area contributed by atoms with Crippen LogP contribution in [0, 0.1) is 0 Å². The number of allylic oxidation sites excluding steroid dienone is 1. The highest BCUT2D eigenvalue weighted by Crippen LogP contribution is 2.47. The Morgan fingerprint density at radius 1 is 1.00 bits per heavy atom. The normalized spacial score (nSPS) is 14.7. The molecule has 1 aliphatic rings. The Labute approximate surface area is 183 Å². The van der Waals surface area contributed by atoms with Gasteiger partial charge in [0.2, 0.25) is 0 Å². The van der Waals surface area contributed by atoms with Crippen molar-refractivity contribution in [3.8, 4) is 11.5 Å². The van der Waals surface area contributed by atoms with Crippen molar-refractivity contribution in [2.75, 3.05) is 6.61 Å². The first-order chi connectivity index (χ1) is 14.8. The average molecular weight is 421 g/mol. The Hall–Kier alpha value is -3.18. The molecule has 0 radical (unpaired) electrons. The van der Waals surface area contributed by atoms with E-state index >= 15 is 0 Å². The number of carbonyl (C=O) groups is 2. The largest absolute Gasteiger partial charge is 0.422 e. The molecular formula is C26H28O5. The molecule has 0 spiro atoms. The van der Waals surface area contributed by atoms with Crippen LogP contribution in [0.1, 0.15) is 50.8 Å². The molecular weight excluding hydrogens is 392 g/mol. The van der Waals surface area contributed by atoms with Crippen molar-refractivity contribution in [3.05, 3.63) is 71.8 Å². The zero-order valence-electron chi connectivity index (χ0n) is 18.3. The number of rotatable bonds is 8. The molecule has 1 atom stereocenters. The number of ether oxygens (including phenoxy) is 3. The minimum Gasteiger partial charge on any atom is -0.422 e. The third kappa shape index (κ3) is 4.78. The van der Waals surface area contributed by atoms with Gasteiger partial charge in [-0.1, -0.05) is 62.9 Å². The highest BCUT2D eigenvalue weighted by Gasteiger charge is 2.30. The van der Waals surface area contributed by atoms with E-state index in [1.165, 1.54) is 0 Å². The maximum Gasteiger partial charge on any atom is 0.338 e. The third-order valence-electron chi connectivity index (χ3n) is 5.06. The zero-order chi connectivity index (χ0) is 22.5. The van der Waals surface area contributed by atoms with E-state index in [-0.39, 0.29) is 0 Å². The molecule has 0 bridgehead atoms. The van der Waals surface area contributed by atoms with Gasteiger partial charge in [-0.3, -0.25) is 0 Å². The van der Waals surface area contributed by atoms with Crippen molar-refractivity contribution >= 4 is 22.7 Å². The van der Waals surface area contributed by atoms with Crippen LogP contribution in [0.15, 0.2) is 60.7 Å². The quantitative estimate of drug-likeness (QED) is 0.178. The second-order valence-corrected chi connectivity index (χ2v) is 7.71. The fourth-order valence-electron chi connectivity index (χ4n) is 3.44. The number of fused-ring (bicyclic) bond motifs is 2. The van der Waals surface area contributed by atoms with Crippen LogP contribution in [-0.2, 0) is 20.7 Å². The second-order valence-electron chi connectivity index (χ2n) is 7.71. The van der Waals surface area contributed by atoms with Gasteiger partial charge in [0.15, 0.2) is 0 Å². The van der Waals surface area contributed by atoms with E-state index in [0.29, 0.717) is 52.0 Å². The van der Waals surface area contributed by atoms with E-state index in [1.807, 2.05) is 36.4 Å². The van der Waals surface area contributed by atoms with Crippen molar-refractivity contribution in [2.24, 2.45) is 0 Å². The maximum absolute atomic E-state index is 12.5. The summed E-state index contributed by atoms with van der Waals surface area (Å²) < 4.78 is 17.7. The predicted molar refractivity (Wildman–Crippen MR) is 121 cm³/mol. The Bertz CT molecular complexity index is 1080. The van der Waals surface area contributed by atoms with Crippen LogP contribution in [0.2, 0.25) is 0 Å². The van der Waals surface area contributed by atoms with Crippen LogP contribution < -0.4 is 9.47 Å². The molecule has 5 heteroatoms. The van der Waals surface area contributed by atoms with Crippen molar-refractivity contribution in [3.63, 3.8) is 0 Å². The van der Waals surface area contributed by atoms with E-state index in [0.717, 1.165) is 18.4 Å². The van der Waals surface area contributed by atoms with Crippen LogP contribution in [-0.4, -0.2) is 18.5 Å². The summed E-state index contributed by atoms with van der Waals surface area (Å²) in [7, 11) is 0. The summed E-state index contributed by atoms with van der Waals surface area (Å²) in [4.78, 5) is 24.9. The van der Waals surface area contributed by atoms with Crippen LogP contribution in [0.3, 0.4) is 0 Å². The molecule has 2 aromatic carbocycles. The Morgan fingerprint density at radius 2 is 1.58 bits per heavy atom. The fraction of sp³-hybridized carbons (Fsp3) is 0.308. The van der Waals surface area contributed by atoms with Crippen molar-refractivity contribution < 1.29 is 23.8 Å². The van der Waals surface area contributed by atoms with Crippen LogP contribution in [0.5, 0.6) is 11.5 Å². The lowest BCUT2D eigenvalue weighted by Gasteiger charge is -2.27. The third-order valence-corrected chi connectivity index (χ3v) is 5.06. The van der Waals surface area contributed by atoms with Gasteiger partial charge in [0, 0.05) is 39.7 Å². The highest BCUT2D eigenvalue weighted by atomic mass is 16.5. The van der Waals surface area contributed by atoms with Gasteiger partial charge in [0.05, 0.1) is 0 Å². The van der Waals surface area contributed by atoms with Crippen LogP contribution in [0.4, 0.5) is 0 Å². The molecule has 0 heterocycles. The van der Waals surface area contributed by atoms with Crippen molar-refractivity contribution in [1.29, 1.82) is 0 Å². The number of unbranched alkanes of at least 4 members (excludes halogenated alkanes) is 1. The molecule has 0 fully saturated rings. The minimum atomic E-state index is -0.513. The Balaban J connectivity index is 2.26. The molecule has 0 saturated carbocycles. The number of hydrogen-bond donors (Lipinski definition) is 0. The van der Waals surface area contributed by atoms with E-state index in [1.54, 1.807) is 13.8 Å². The Morgan fingerprint density at radius 3 is 2.16 bits per heavy atom. The lowest BCUT2D eigenvalue weighted by atomic mass is 9.89. The average Bonchev–Trinajstić information content (AvgIpc) is 2.75. The molecule has 0 aliphatic heterocycles. The van der Waals surface area contributed by atoms with Gasteiger partial charge in [0.25, 0.3) is 0 Å². The van der Waals surface area contributed by atoms with Crippen LogP contribution in [0.25, 0.3) is 10.8 Å². The zero-order valence-corrected chi connectivity index (χ0v) is 18.3. The maximum atomic E-state index is 12.5. The molecule has 0 aromatic heterocycles. The molecule has 1 unspecified atom stereocenters. The molecule has 31 heavy (non-hydrogen) atoms. The highest BCUT2D eigenvalue weighted by molar-refractivity contribution is 6.01. The number of carbonyl (C=O) groups excluding carboxylic acids is 2. The molecule has 2 aromatic rings. The summed E-state index contributed by atoms with van der Waals surface area (Å²) >= 11 is 0. The standard InChI is InChI=1S/C26H28O5/c1-6-7-15-29-21-14-10-13-20-22(21)24(31-26(28)17(4)5)19-12-9-8-11-18(19)23(20)30-25(27)16(2)3/h8-12,14,21H,2,4,6-7,13,15H2,1,3,5H3. The molecule has 1 aliphatic carbocycles. The van der Waals surface area contributed by atoms with Crippen LogP contribution >= 0.6 is 0 Å². The summed E-state index contributed by atoms with van der Waals surface area (Å²) in [6.07, 6.45) is 5.94. The van der Waals surface area contributed by atoms with Gasteiger partial charge >= 0.3 is 11.9 Å². The summed E-state index contributed by atoms with van der Waals surface area (Å²) in [6.45, 7) is 13.3. The van der Waals surface area contributed by atoms with Gasteiger partial charge in [-0.25, -0.2) is 9.59 Å². The number of esters is 2. The lowest BCUT2D eigenvalue weighted by Crippen LogP contribution is -2.18. The summed E-state index contributed by atoms with van der Waals surface area (Å²) in [5, 5.41) is 1.35. The van der Waals surface area contributed by atoms with Crippen molar-refractivity contribution in [2.45, 2.75) is 46.1 Å². The van der Waals surface area contributed by atoms with Gasteiger partial charge < -0.3 is 14.2 Å².